The first-order chi connectivity index (χ1) is 12.2. The lowest BCUT2D eigenvalue weighted by atomic mass is 9.75. The van der Waals surface area contributed by atoms with Crippen LogP contribution in [0.2, 0.25) is 0 Å². The van der Waals surface area contributed by atoms with Crippen LogP contribution in [0.25, 0.3) is 0 Å². The first-order valence-corrected chi connectivity index (χ1v) is 9.38. The highest BCUT2D eigenvalue weighted by Crippen LogP contribution is 2.38. The molecule has 2 atom stereocenters. The van der Waals surface area contributed by atoms with Crippen molar-refractivity contribution in [1.29, 1.82) is 0 Å². The summed E-state index contributed by atoms with van der Waals surface area (Å²) in [4.78, 5) is 0. The lowest BCUT2D eigenvalue weighted by Gasteiger charge is -2.42. The summed E-state index contributed by atoms with van der Waals surface area (Å²) >= 11 is 0. The Morgan fingerprint density at radius 2 is 2.04 bits per heavy atom. The molecule has 134 valence electrons. The van der Waals surface area contributed by atoms with Crippen molar-refractivity contribution in [1.82, 2.24) is 15.1 Å². The van der Waals surface area contributed by atoms with Crippen molar-refractivity contribution >= 4 is 0 Å². The largest absolute Gasteiger partial charge is 0.372 e. The number of hydrogen-bond donors (Lipinski definition) is 1. The number of hydrogen-bond acceptors (Lipinski definition) is 3. The maximum atomic E-state index is 13.1. The molecule has 0 radical (unpaired) electrons. The molecule has 1 aliphatic carbocycles. The second-order valence-corrected chi connectivity index (χ2v) is 7.25. The minimum Gasteiger partial charge on any atom is -0.372 e. The van der Waals surface area contributed by atoms with E-state index in [1.54, 1.807) is 12.1 Å². The summed E-state index contributed by atoms with van der Waals surface area (Å²) in [6.45, 7) is 3.80. The first-order valence-electron chi connectivity index (χ1n) is 9.38. The molecule has 2 aromatic rings. The molecule has 5 heteroatoms. The topological polar surface area (TPSA) is 39.1 Å². The number of ether oxygens (including phenoxy) is 1. The quantitative estimate of drug-likeness (QED) is 0.897. The highest BCUT2D eigenvalue weighted by Gasteiger charge is 2.35. The molecule has 1 aromatic carbocycles. The van der Waals surface area contributed by atoms with Gasteiger partial charge in [0.1, 0.15) is 11.9 Å². The molecule has 0 unspecified atom stereocenters. The minimum atomic E-state index is -0.160. The van der Waals surface area contributed by atoms with Crippen molar-refractivity contribution in [2.24, 2.45) is 0 Å². The van der Waals surface area contributed by atoms with Gasteiger partial charge in [0.15, 0.2) is 0 Å². The number of benzene rings is 1. The van der Waals surface area contributed by atoms with Crippen LogP contribution in [0.5, 0.6) is 0 Å². The molecule has 0 amide bonds. The third-order valence-electron chi connectivity index (χ3n) is 5.56. The summed E-state index contributed by atoms with van der Waals surface area (Å²) in [5.41, 5.74) is 2.42. The van der Waals surface area contributed by atoms with E-state index in [1.807, 2.05) is 23.0 Å². The molecular weight excluding hydrogens is 317 g/mol. The van der Waals surface area contributed by atoms with E-state index < -0.39 is 0 Å². The molecular formula is C20H26FN3O. The van der Waals surface area contributed by atoms with E-state index in [2.05, 4.69) is 23.5 Å². The number of nitrogens with one attached hydrogen (secondary N) is 1. The maximum Gasteiger partial charge on any atom is 0.123 e. The van der Waals surface area contributed by atoms with E-state index in [-0.39, 0.29) is 11.9 Å². The number of halogens is 1. The summed E-state index contributed by atoms with van der Waals surface area (Å²) in [5.74, 6) is 0.386. The molecule has 2 aliphatic rings. The van der Waals surface area contributed by atoms with Crippen LogP contribution < -0.4 is 5.32 Å². The fourth-order valence-corrected chi connectivity index (χ4v) is 4.04. The lowest BCUT2D eigenvalue weighted by molar-refractivity contribution is -0.0177. The van der Waals surface area contributed by atoms with Gasteiger partial charge in [-0.3, -0.25) is 4.68 Å². The zero-order chi connectivity index (χ0) is 17.2. The maximum absolute atomic E-state index is 13.1. The van der Waals surface area contributed by atoms with Crippen LogP contribution in [-0.2, 0) is 11.3 Å². The van der Waals surface area contributed by atoms with Crippen molar-refractivity contribution in [3.05, 3.63) is 53.6 Å². The van der Waals surface area contributed by atoms with Crippen LogP contribution in [0.3, 0.4) is 0 Å². The Balaban J connectivity index is 1.35. The number of nitrogens with zero attached hydrogens (tertiary/aromatic N) is 2. The number of rotatable bonds is 5. The van der Waals surface area contributed by atoms with Crippen LogP contribution in [-0.4, -0.2) is 28.5 Å². The van der Waals surface area contributed by atoms with Gasteiger partial charge in [-0.2, -0.15) is 5.10 Å². The van der Waals surface area contributed by atoms with Gasteiger partial charge in [-0.1, -0.05) is 12.1 Å². The standard InChI is InChI=1S/C20H26FN3O/c1-2-24-13-16(12-22-24)20-19(4-3-9-25-20)23-18-10-15(11-18)14-5-7-17(21)8-6-14/h5-8,12-13,15,18-20,23H,2-4,9-11H2,1H3/t15?,18?,19-,20+/m0/s1. The molecule has 25 heavy (non-hydrogen) atoms. The van der Waals surface area contributed by atoms with Gasteiger partial charge in [-0.05, 0) is 56.2 Å². The van der Waals surface area contributed by atoms with E-state index in [0.717, 1.165) is 38.8 Å². The summed E-state index contributed by atoms with van der Waals surface area (Å²) in [7, 11) is 0. The van der Waals surface area contributed by atoms with Gasteiger partial charge >= 0.3 is 0 Å². The average Bonchev–Trinajstić information content (AvgIpc) is 3.08. The summed E-state index contributed by atoms with van der Waals surface area (Å²) in [5, 5.41) is 8.20. The second-order valence-electron chi connectivity index (χ2n) is 7.25. The molecule has 0 spiro atoms. The molecule has 2 fully saturated rings. The van der Waals surface area contributed by atoms with Crippen LogP contribution in [0.4, 0.5) is 4.39 Å². The van der Waals surface area contributed by atoms with E-state index in [1.165, 1.54) is 11.1 Å². The summed E-state index contributed by atoms with van der Waals surface area (Å²) < 4.78 is 21.1. The smallest absolute Gasteiger partial charge is 0.123 e. The zero-order valence-electron chi connectivity index (χ0n) is 14.7. The van der Waals surface area contributed by atoms with E-state index >= 15 is 0 Å². The van der Waals surface area contributed by atoms with Crippen LogP contribution in [0, 0.1) is 5.82 Å². The third kappa shape index (κ3) is 3.62. The normalized spacial score (nSPS) is 29.4. The fourth-order valence-electron chi connectivity index (χ4n) is 4.04. The predicted molar refractivity (Wildman–Crippen MR) is 94.9 cm³/mol. The summed E-state index contributed by atoms with van der Waals surface area (Å²) in [6.07, 6.45) is 8.61. The van der Waals surface area contributed by atoms with E-state index in [9.17, 15) is 4.39 Å². The highest BCUT2D eigenvalue weighted by molar-refractivity contribution is 5.24. The Labute approximate surface area is 148 Å². The number of aryl methyl sites for hydroxylation is 1. The van der Waals surface area contributed by atoms with Crippen LogP contribution in [0.1, 0.15) is 55.8 Å². The van der Waals surface area contributed by atoms with Gasteiger partial charge in [-0.25, -0.2) is 4.39 Å². The van der Waals surface area contributed by atoms with Gasteiger partial charge in [0.05, 0.1) is 6.20 Å². The van der Waals surface area contributed by atoms with Gasteiger partial charge in [0.2, 0.25) is 0 Å². The van der Waals surface area contributed by atoms with Gasteiger partial charge in [0.25, 0.3) is 0 Å². The number of aromatic nitrogens is 2. The monoisotopic (exact) mass is 343 g/mol. The van der Waals surface area contributed by atoms with Crippen LogP contribution in [0.15, 0.2) is 36.7 Å². The minimum absolute atomic E-state index is 0.0962. The molecule has 1 saturated heterocycles. The van der Waals surface area contributed by atoms with Crippen molar-refractivity contribution in [3.63, 3.8) is 0 Å². The first kappa shape index (κ1) is 16.7. The average molecular weight is 343 g/mol. The molecule has 1 aromatic heterocycles. The van der Waals surface area contributed by atoms with E-state index in [0.29, 0.717) is 18.0 Å². The third-order valence-corrected chi connectivity index (χ3v) is 5.56. The zero-order valence-corrected chi connectivity index (χ0v) is 14.7. The Bertz CT molecular complexity index is 693. The fraction of sp³-hybridized carbons (Fsp3) is 0.550. The van der Waals surface area contributed by atoms with Crippen molar-refractivity contribution in [2.45, 2.75) is 63.3 Å². The molecule has 1 aliphatic heterocycles. The van der Waals surface area contributed by atoms with Crippen molar-refractivity contribution in [3.8, 4) is 0 Å². The molecule has 0 bridgehead atoms. The van der Waals surface area contributed by atoms with E-state index in [4.69, 9.17) is 4.74 Å². The molecule has 1 N–H and O–H groups in total. The van der Waals surface area contributed by atoms with Crippen molar-refractivity contribution < 1.29 is 9.13 Å². The van der Waals surface area contributed by atoms with Gasteiger partial charge < -0.3 is 10.1 Å². The SMILES string of the molecule is CCn1cc([C@H]2OCCC[C@@H]2NC2CC(c3ccc(F)cc3)C2)cn1. The molecule has 4 rings (SSSR count). The predicted octanol–water partition coefficient (Wildman–Crippen LogP) is 3.80. The lowest BCUT2D eigenvalue weighted by Crippen LogP contribution is -2.49. The Morgan fingerprint density at radius 3 is 2.76 bits per heavy atom. The Hall–Kier alpha value is -1.72. The highest BCUT2D eigenvalue weighted by atomic mass is 19.1. The Morgan fingerprint density at radius 1 is 1.24 bits per heavy atom. The van der Waals surface area contributed by atoms with Crippen molar-refractivity contribution in [2.75, 3.05) is 6.61 Å². The summed E-state index contributed by atoms with van der Waals surface area (Å²) in [6, 6.07) is 7.83. The Kier molecular flexibility index (Phi) is 4.86. The van der Waals surface area contributed by atoms with Gasteiger partial charge in [-0.15, -0.1) is 0 Å². The van der Waals surface area contributed by atoms with Crippen LogP contribution >= 0.6 is 0 Å². The molecule has 2 heterocycles. The molecule has 1 saturated carbocycles. The molecule has 4 nitrogen and oxygen atoms in total. The second kappa shape index (κ2) is 7.26. The van der Waals surface area contributed by atoms with Gasteiger partial charge in [0, 0.05) is 37.0 Å².